The monoisotopic (exact) mass is 353 g/mol. The van der Waals surface area contributed by atoms with Crippen LogP contribution in [0.4, 0.5) is 5.69 Å². The van der Waals surface area contributed by atoms with Gasteiger partial charge < -0.3 is 10.0 Å². The van der Waals surface area contributed by atoms with Crippen molar-refractivity contribution in [2.75, 3.05) is 11.9 Å². The number of likely N-dealkylation sites (N-methyl/N-ethyl adjacent to an activating group) is 1. The Labute approximate surface area is 131 Å². The summed E-state index contributed by atoms with van der Waals surface area (Å²) in [6.07, 6.45) is 0.903. The second kappa shape index (κ2) is 6.41. The van der Waals surface area contributed by atoms with Gasteiger partial charge in [0.1, 0.15) is 0 Å². The molecule has 5 heteroatoms. The van der Waals surface area contributed by atoms with Crippen molar-refractivity contribution in [3.05, 3.63) is 50.6 Å². The van der Waals surface area contributed by atoms with E-state index in [1.165, 1.54) is 4.88 Å². The first-order valence-electron chi connectivity index (χ1n) is 6.27. The van der Waals surface area contributed by atoms with Crippen LogP contribution in [0.25, 0.3) is 0 Å². The third-order valence-electron chi connectivity index (χ3n) is 3.31. The molecule has 3 nitrogen and oxygen atoms in total. The fraction of sp³-hybridized carbons (Fsp3) is 0.267. The minimum Gasteiger partial charge on any atom is -0.478 e. The Morgan fingerprint density at radius 3 is 2.80 bits per heavy atom. The van der Waals surface area contributed by atoms with E-state index in [0.717, 1.165) is 16.6 Å². The van der Waals surface area contributed by atoms with Crippen LogP contribution < -0.4 is 4.90 Å². The van der Waals surface area contributed by atoms with Crippen molar-refractivity contribution < 1.29 is 9.90 Å². The van der Waals surface area contributed by atoms with Gasteiger partial charge in [-0.1, -0.05) is 22.0 Å². The summed E-state index contributed by atoms with van der Waals surface area (Å²) in [7, 11) is 1.94. The zero-order valence-electron chi connectivity index (χ0n) is 11.3. The number of benzene rings is 1. The number of aromatic carboxylic acids is 1. The van der Waals surface area contributed by atoms with Crippen molar-refractivity contribution in [2.45, 2.75) is 19.4 Å². The van der Waals surface area contributed by atoms with Crippen LogP contribution in [0.5, 0.6) is 0 Å². The van der Waals surface area contributed by atoms with Crippen molar-refractivity contribution in [3.8, 4) is 0 Å². The van der Waals surface area contributed by atoms with E-state index in [0.29, 0.717) is 5.56 Å². The number of carboxylic acid groups (broad SMARTS) is 1. The van der Waals surface area contributed by atoms with Crippen molar-refractivity contribution in [1.82, 2.24) is 0 Å². The van der Waals surface area contributed by atoms with Gasteiger partial charge in [-0.25, -0.2) is 4.79 Å². The summed E-state index contributed by atoms with van der Waals surface area (Å²) in [5, 5.41) is 11.4. The molecule has 0 bridgehead atoms. The van der Waals surface area contributed by atoms with Crippen molar-refractivity contribution >= 4 is 38.9 Å². The normalized spacial score (nSPS) is 12.2. The highest BCUT2D eigenvalue weighted by molar-refractivity contribution is 9.10. The van der Waals surface area contributed by atoms with Gasteiger partial charge in [-0.3, -0.25) is 0 Å². The molecule has 0 amide bonds. The molecule has 1 aromatic carbocycles. The number of thiophene rings is 1. The van der Waals surface area contributed by atoms with E-state index in [9.17, 15) is 9.90 Å². The lowest BCUT2D eigenvalue weighted by Crippen LogP contribution is -2.31. The SMILES string of the molecule is CC(Cc1cccs1)N(C)c1cc(Br)ccc1C(=O)O. The van der Waals surface area contributed by atoms with Crippen molar-refractivity contribution in [3.63, 3.8) is 0 Å². The summed E-state index contributed by atoms with van der Waals surface area (Å²) in [5.74, 6) is -0.900. The summed E-state index contributed by atoms with van der Waals surface area (Å²) >= 11 is 5.13. The zero-order chi connectivity index (χ0) is 14.7. The third kappa shape index (κ3) is 3.41. The Hall–Kier alpha value is -1.33. The molecule has 1 aromatic heterocycles. The summed E-state index contributed by atoms with van der Waals surface area (Å²) in [6, 6.07) is 9.61. The van der Waals surface area contributed by atoms with Gasteiger partial charge in [0.15, 0.2) is 0 Å². The van der Waals surface area contributed by atoms with Crippen LogP contribution in [0.15, 0.2) is 40.2 Å². The van der Waals surface area contributed by atoms with Crippen molar-refractivity contribution in [1.29, 1.82) is 0 Å². The van der Waals surface area contributed by atoms with Crippen LogP contribution in [0.1, 0.15) is 22.2 Å². The van der Waals surface area contributed by atoms with Crippen LogP contribution >= 0.6 is 27.3 Å². The van der Waals surface area contributed by atoms with Crippen molar-refractivity contribution in [2.24, 2.45) is 0 Å². The molecular weight excluding hydrogens is 338 g/mol. The fourth-order valence-corrected chi connectivity index (χ4v) is 3.25. The van der Waals surface area contributed by atoms with Gasteiger partial charge in [-0.15, -0.1) is 11.3 Å². The molecular formula is C15H16BrNO2S. The third-order valence-corrected chi connectivity index (χ3v) is 4.70. The van der Waals surface area contributed by atoms with Crippen LogP contribution in [-0.2, 0) is 6.42 Å². The first-order chi connectivity index (χ1) is 9.49. The van der Waals surface area contributed by atoms with Gasteiger partial charge in [-0.2, -0.15) is 0 Å². The highest BCUT2D eigenvalue weighted by Crippen LogP contribution is 2.27. The minimum absolute atomic E-state index is 0.223. The molecule has 1 atom stereocenters. The number of hydrogen-bond donors (Lipinski definition) is 1. The van der Waals surface area contributed by atoms with Gasteiger partial charge in [0.25, 0.3) is 0 Å². The first-order valence-corrected chi connectivity index (χ1v) is 7.94. The number of carbonyl (C=O) groups is 1. The number of carboxylic acids is 1. The molecule has 0 aliphatic rings. The maximum absolute atomic E-state index is 11.3. The van der Waals surface area contributed by atoms with E-state index >= 15 is 0 Å². The molecule has 1 heterocycles. The van der Waals surface area contributed by atoms with Gasteiger partial charge in [0, 0.05) is 28.9 Å². The van der Waals surface area contributed by atoms with Crippen LogP contribution in [0, 0.1) is 0 Å². The fourth-order valence-electron chi connectivity index (χ4n) is 2.07. The van der Waals surface area contributed by atoms with Crippen LogP contribution in [0.3, 0.4) is 0 Å². The Kier molecular flexibility index (Phi) is 4.83. The lowest BCUT2D eigenvalue weighted by Gasteiger charge is -2.28. The van der Waals surface area contributed by atoms with Gasteiger partial charge in [0.2, 0.25) is 0 Å². The lowest BCUT2D eigenvalue weighted by atomic mass is 10.1. The molecule has 1 N–H and O–H groups in total. The van der Waals surface area contributed by atoms with Gasteiger partial charge >= 0.3 is 5.97 Å². The smallest absolute Gasteiger partial charge is 0.337 e. The second-order valence-electron chi connectivity index (χ2n) is 4.71. The Balaban J connectivity index is 2.25. The maximum Gasteiger partial charge on any atom is 0.337 e. The van der Waals surface area contributed by atoms with E-state index < -0.39 is 5.97 Å². The molecule has 0 saturated carbocycles. The maximum atomic E-state index is 11.3. The summed E-state index contributed by atoms with van der Waals surface area (Å²) in [6.45, 7) is 2.10. The highest BCUT2D eigenvalue weighted by atomic mass is 79.9. The largest absolute Gasteiger partial charge is 0.478 e. The molecule has 2 aromatic rings. The number of halogens is 1. The number of nitrogens with zero attached hydrogens (tertiary/aromatic N) is 1. The first kappa shape index (κ1) is 15.1. The van der Waals surface area contributed by atoms with E-state index in [-0.39, 0.29) is 6.04 Å². The summed E-state index contributed by atoms with van der Waals surface area (Å²) < 4.78 is 0.882. The Morgan fingerprint density at radius 1 is 1.45 bits per heavy atom. The second-order valence-corrected chi connectivity index (χ2v) is 6.66. The van der Waals surface area contributed by atoms with E-state index in [2.05, 4.69) is 34.3 Å². The predicted molar refractivity (Wildman–Crippen MR) is 87.0 cm³/mol. The molecule has 1 unspecified atom stereocenters. The number of anilines is 1. The Bertz CT molecular complexity index is 598. The molecule has 0 spiro atoms. The summed E-state index contributed by atoms with van der Waals surface area (Å²) in [4.78, 5) is 14.7. The molecule has 0 radical (unpaired) electrons. The molecule has 0 aliphatic heterocycles. The van der Waals surface area contributed by atoms with Crippen LogP contribution in [-0.4, -0.2) is 24.2 Å². The highest BCUT2D eigenvalue weighted by Gasteiger charge is 2.18. The average Bonchev–Trinajstić information content (AvgIpc) is 2.90. The van der Waals surface area contributed by atoms with Crippen LogP contribution in [0.2, 0.25) is 0 Å². The van der Waals surface area contributed by atoms with E-state index in [4.69, 9.17) is 0 Å². The number of hydrogen-bond acceptors (Lipinski definition) is 3. The molecule has 0 fully saturated rings. The lowest BCUT2D eigenvalue weighted by molar-refractivity contribution is 0.0697. The molecule has 0 saturated heterocycles. The average molecular weight is 354 g/mol. The topological polar surface area (TPSA) is 40.5 Å². The predicted octanol–water partition coefficient (Wildman–Crippen LogP) is 4.28. The van der Waals surface area contributed by atoms with Gasteiger partial charge in [-0.05, 0) is 36.6 Å². The van der Waals surface area contributed by atoms with Gasteiger partial charge in [0.05, 0.1) is 11.3 Å². The molecule has 20 heavy (non-hydrogen) atoms. The zero-order valence-corrected chi connectivity index (χ0v) is 13.7. The van der Waals surface area contributed by atoms with E-state index in [1.807, 2.05) is 24.1 Å². The molecule has 106 valence electrons. The standard InChI is InChI=1S/C15H16BrNO2S/c1-10(8-12-4-3-7-20-12)17(2)14-9-11(16)5-6-13(14)15(18)19/h3-7,9-10H,8H2,1-2H3,(H,18,19). The summed E-state index contributed by atoms with van der Waals surface area (Å²) in [5.41, 5.74) is 1.06. The minimum atomic E-state index is -0.900. The van der Waals surface area contributed by atoms with E-state index in [1.54, 1.807) is 23.5 Å². The molecule has 0 aliphatic carbocycles. The molecule has 2 rings (SSSR count). The quantitative estimate of drug-likeness (QED) is 0.872. The number of rotatable bonds is 5. The Morgan fingerprint density at radius 2 is 2.20 bits per heavy atom.